The van der Waals surface area contributed by atoms with Crippen molar-refractivity contribution in [3.05, 3.63) is 47.1 Å². The summed E-state index contributed by atoms with van der Waals surface area (Å²) in [5.41, 5.74) is 1.07. The molecule has 0 radical (unpaired) electrons. The molecule has 0 aliphatic carbocycles. The average molecular weight is 446 g/mol. The highest BCUT2D eigenvalue weighted by molar-refractivity contribution is 5.97. The van der Waals surface area contributed by atoms with E-state index in [0.29, 0.717) is 24.0 Å². The highest BCUT2D eigenvalue weighted by Gasteiger charge is 2.25. The quantitative estimate of drug-likeness (QED) is 0.475. The zero-order valence-electron chi connectivity index (χ0n) is 18.5. The standard InChI is InChI=1S/C24H30O8/c1-14-9-10-20(27)23(29)19(26)8-4-7-18-12-17(6-5-11-31-16(3)25)13-21(28)22(18)24(30)32-15(14)2/h4,7,9-10,12-15,19,23,26,28-29H,5-6,8,11H2,1-3H3/b7-4?,10-9-/t14-,15+,19+,23+/m1/s1. The zero-order valence-corrected chi connectivity index (χ0v) is 18.5. The van der Waals surface area contributed by atoms with Gasteiger partial charge in [-0.1, -0.05) is 31.2 Å². The van der Waals surface area contributed by atoms with Crippen molar-refractivity contribution in [3.63, 3.8) is 0 Å². The Bertz CT molecular complexity index is 902. The Kier molecular flexibility index (Phi) is 9.16. The molecule has 1 aliphatic heterocycles. The third kappa shape index (κ3) is 7.03. The zero-order chi connectivity index (χ0) is 23.8. The fourth-order valence-corrected chi connectivity index (χ4v) is 3.19. The number of ether oxygens (including phenoxy) is 2. The molecule has 0 saturated heterocycles. The molecular weight excluding hydrogens is 416 g/mol. The Balaban J connectivity index is 2.38. The second-order valence-corrected chi connectivity index (χ2v) is 7.90. The molecule has 8 nitrogen and oxygen atoms in total. The third-order valence-electron chi connectivity index (χ3n) is 5.26. The number of hydrogen-bond acceptors (Lipinski definition) is 8. The van der Waals surface area contributed by atoms with E-state index in [1.807, 2.05) is 0 Å². The van der Waals surface area contributed by atoms with Gasteiger partial charge in [0.2, 0.25) is 0 Å². The molecule has 0 unspecified atom stereocenters. The molecule has 174 valence electrons. The molecule has 0 bridgehead atoms. The normalized spacial score (nSPS) is 25.4. The lowest BCUT2D eigenvalue weighted by Gasteiger charge is -2.20. The first kappa shape index (κ1) is 25.3. The number of rotatable bonds is 4. The van der Waals surface area contributed by atoms with Gasteiger partial charge >= 0.3 is 11.9 Å². The lowest BCUT2D eigenvalue weighted by molar-refractivity contribution is -0.141. The molecule has 0 spiro atoms. The van der Waals surface area contributed by atoms with Crippen molar-refractivity contribution in [1.82, 2.24) is 0 Å². The van der Waals surface area contributed by atoms with E-state index in [2.05, 4.69) is 0 Å². The lowest BCUT2D eigenvalue weighted by atomic mass is 9.97. The number of aliphatic hydroxyl groups excluding tert-OH is 2. The van der Waals surface area contributed by atoms with Crippen LogP contribution in [0.3, 0.4) is 0 Å². The number of carbonyl (C=O) groups is 3. The van der Waals surface area contributed by atoms with Crippen molar-refractivity contribution >= 4 is 23.8 Å². The minimum absolute atomic E-state index is 0.0174. The second-order valence-electron chi connectivity index (χ2n) is 7.90. The van der Waals surface area contributed by atoms with Crippen molar-refractivity contribution in [3.8, 4) is 5.75 Å². The minimum atomic E-state index is -1.58. The topological polar surface area (TPSA) is 130 Å². The first-order valence-electron chi connectivity index (χ1n) is 10.5. The Hall–Kier alpha value is -2.97. The van der Waals surface area contributed by atoms with Crippen LogP contribution in [-0.4, -0.2) is 58.0 Å². The van der Waals surface area contributed by atoms with Crippen LogP contribution in [0.1, 0.15) is 55.1 Å². The first-order valence-corrected chi connectivity index (χ1v) is 10.5. The largest absolute Gasteiger partial charge is 0.507 e. The van der Waals surface area contributed by atoms with Crippen LogP contribution in [0.25, 0.3) is 6.08 Å². The Labute approximate surface area is 187 Å². The number of aromatic hydroxyl groups is 1. The molecule has 3 N–H and O–H groups in total. The van der Waals surface area contributed by atoms with Gasteiger partial charge in [-0.3, -0.25) is 9.59 Å². The Morgan fingerprint density at radius 3 is 2.59 bits per heavy atom. The maximum Gasteiger partial charge on any atom is 0.342 e. The number of esters is 2. The van der Waals surface area contributed by atoms with E-state index >= 15 is 0 Å². The summed E-state index contributed by atoms with van der Waals surface area (Å²) in [4.78, 5) is 35.8. The van der Waals surface area contributed by atoms with E-state index in [9.17, 15) is 29.7 Å². The number of carbonyl (C=O) groups excluding carboxylic acids is 3. The third-order valence-corrected chi connectivity index (χ3v) is 5.26. The molecule has 0 saturated carbocycles. The molecule has 2 rings (SSSR count). The fraction of sp³-hybridized carbons (Fsp3) is 0.458. The summed E-state index contributed by atoms with van der Waals surface area (Å²) in [7, 11) is 0. The van der Waals surface area contributed by atoms with Gasteiger partial charge in [-0.25, -0.2) is 4.79 Å². The molecule has 1 aliphatic rings. The first-order chi connectivity index (χ1) is 15.1. The van der Waals surface area contributed by atoms with Crippen molar-refractivity contribution in [2.45, 2.75) is 58.3 Å². The summed E-state index contributed by atoms with van der Waals surface area (Å²) in [5, 5.41) is 30.8. The predicted octanol–water partition coefficient (Wildman–Crippen LogP) is 2.33. The summed E-state index contributed by atoms with van der Waals surface area (Å²) in [5.74, 6) is -2.33. The summed E-state index contributed by atoms with van der Waals surface area (Å²) in [6.45, 7) is 4.95. The number of benzene rings is 1. The Morgan fingerprint density at radius 1 is 1.19 bits per heavy atom. The van der Waals surface area contributed by atoms with Gasteiger partial charge in [0.25, 0.3) is 0 Å². The fourth-order valence-electron chi connectivity index (χ4n) is 3.19. The van der Waals surface area contributed by atoms with Crippen LogP contribution in [0.2, 0.25) is 0 Å². The number of ketones is 1. The predicted molar refractivity (Wildman–Crippen MR) is 117 cm³/mol. The molecule has 1 aromatic carbocycles. The van der Waals surface area contributed by atoms with E-state index in [-0.39, 0.29) is 36.2 Å². The maximum atomic E-state index is 12.8. The second kappa shape index (κ2) is 11.6. The number of aliphatic hydroxyl groups is 2. The monoisotopic (exact) mass is 446 g/mol. The summed E-state index contributed by atoms with van der Waals surface area (Å²) in [6.07, 6.45) is 3.18. The molecule has 0 fully saturated rings. The smallest absolute Gasteiger partial charge is 0.342 e. The molecule has 0 amide bonds. The van der Waals surface area contributed by atoms with E-state index in [4.69, 9.17) is 9.47 Å². The molecule has 32 heavy (non-hydrogen) atoms. The van der Waals surface area contributed by atoms with Crippen molar-refractivity contribution < 1.29 is 39.2 Å². The summed E-state index contributed by atoms with van der Waals surface area (Å²) in [6, 6.07) is 3.17. The van der Waals surface area contributed by atoms with Crippen LogP contribution in [0.4, 0.5) is 0 Å². The van der Waals surface area contributed by atoms with Gasteiger partial charge in [0.1, 0.15) is 23.5 Å². The Morgan fingerprint density at radius 2 is 1.91 bits per heavy atom. The van der Waals surface area contributed by atoms with Gasteiger partial charge in [0, 0.05) is 12.8 Å². The van der Waals surface area contributed by atoms with E-state index < -0.39 is 30.1 Å². The highest BCUT2D eigenvalue weighted by Crippen LogP contribution is 2.28. The average Bonchev–Trinajstić information content (AvgIpc) is 2.72. The summed E-state index contributed by atoms with van der Waals surface area (Å²) >= 11 is 0. The van der Waals surface area contributed by atoms with E-state index in [1.165, 1.54) is 37.3 Å². The maximum absolute atomic E-state index is 12.8. The molecule has 8 heteroatoms. The number of phenolic OH excluding ortho intramolecular Hbond substituents is 1. The molecule has 1 heterocycles. The molecular formula is C24H30O8. The molecule has 0 aromatic heterocycles. The van der Waals surface area contributed by atoms with E-state index in [1.54, 1.807) is 19.9 Å². The van der Waals surface area contributed by atoms with Gasteiger partial charge < -0.3 is 24.8 Å². The van der Waals surface area contributed by atoms with Gasteiger partial charge in [0.15, 0.2) is 5.78 Å². The molecule has 1 aromatic rings. The number of cyclic esters (lactones) is 1. The van der Waals surface area contributed by atoms with Crippen LogP contribution in [0.5, 0.6) is 5.75 Å². The number of hydrogen-bond donors (Lipinski definition) is 3. The molecule has 4 atom stereocenters. The van der Waals surface area contributed by atoms with Gasteiger partial charge in [-0.2, -0.15) is 0 Å². The van der Waals surface area contributed by atoms with Crippen LogP contribution in [0.15, 0.2) is 30.4 Å². The van der Waals surface area contributed by atoms with Crippen LogP contribution in [-0.2, 0) is 25.5 Å². The SMILES string of the molecule is CC(=O)OCCCc1cc(O)c2c(c1)C=CC[C@H](O)[C@H](O)C(=O)/C=C\[C@@H](C)[C@H](C)OC2=O. The van der Waals surface area contributed by atoms with Gasteiger partial charge in [0.05, 0.1) is 12.7 Å². The van der Waals surface area contributed by atoms with Crippen LogP contribution < -0.4 is 0 Å². The van der Waals surface area contributed by atoms with Crippen molar-refractivity contribution in [2.75, 3.05) is 6.61 Å². The van der Waals surface area contributed by atoms with Crippen LogP contribution in [0, 0.1) is 5.92 Å². The van der Waals surface area contributed by atoms with Crippen molar-refractivity contribution in [2.24, 2.45) is 5.92 Å². The summed E-state index contributed by atoms with van der Waals surface area (Å²) < 4.78 is 10.4. The number of fused-ring (bicyclic) bond motifs is 1. The van der Waals surface area contributed by atoms with Crippen molar-refractivity contribution in [1.29, 1.82) is 0 Å². The van der Waals surface area contributed by atoms with E-state index in [0.717, 1.165) is 0 Å². The minimum Gasteiger partial charge on any atom is -0.507 e. The van der Waals surface area contributed by atoms with Gasteiger partial charge in [-0.05, 0) is 49.5 Å². The van der Waals surface area contributed by atoms with Gasteiger partial charge in [-0.15, -0.1) is 0 Å². The lowest BCUT2D eigenvalue weighted by Crippen LogP contribution is -2.32. The highest BCUT2D eigenvalue weighted by atomic mass is 16.5. The number of phenols is 1. The van der Waals surface area contributed by atoms with Crippen LogP contribution >= 0.6 is 0 Å². The number of aryl methyl sites for hydroxylation is 1.